The summed E-state index contributed by atoms with van der Waals surface area (Å²) in [6.07, 6.45) is 6.22. The zero-order valence-electron chi connectivity index (χ0n) is 11.2. The first-order chi connectivity index (χ1) is 9.25. The number of carbonyl (C=O) groups is 1. The van der Waals surface area contributed by atoms with Gasteiger partial charge in [0.25, 0.3) is 5.91 Å². The molecule has 1 aliphatic heterocycles. The predicted octanol–water partition coefficient (Wildman–Crippen LogP) is 1.99. The van der Waals surface area contributed by atoms with Gasteiger partial charge >= 0.3 is 0 Å². The fourth-order valence-corrected chi connectivity index (χ4v) is 1.95. The summed E-state index contributed by atoms with van der Waals surface area (Å²) in [7, 11) is 0. The SMILES string of the molecule is CC(OCC1CCCCO1)C(=O)Nc1ccncc1. The Morgan fingerprint density at radius 3 is 3.00 bits per heavy atom. The molecule has 1 N–H and O–H groups in total. The molecule has 1 aromatic rings. The molecule has 1 amide bonds. The van der Waals surface area contributed by atoms with Crippen molar-refractivity contribution in [2.75, 3.05) is 18.5 Å². The van der Waals surface area contributed by atoms with Crippen LogP contribution in [-0.4, -0.2) is 36.3 Å². The molecule has 0 radical (unpaired) electrons. The highest BCUT2D eigenvalue weighted by Crippen LogP contribution is 2.13. The van der Waals surface area contributed by atoms with E-state index in [0.29, 0.717) is 6.61 Å². The molecule has 2 heterocycles. The standard InChI is InChI=1S/C14H20N2O3/c1-11(19-10-13-4-2-3-9-18-13)14(17)16-12-5-7-15-8-6-12/h5-8,11,13H,2-4,9-10H2,1H3,(H,15,16,17). The largest absolute Gasteiger partial charge is 0.376 e. The first-order valence-electron chi connectivity index (χ1n) is 6.70. The minimum atomic E-state index is -0.487. The van der Waals surface area contributed by atoms with Crippen molar-refractivity contribution in [3.05, 3.63) is 24.5 Å². The van der Waals surface area contributed by atoms with Crippen molar-refractivity contribution < 1.29 is 14.3 Å². The summed E-state index contributed by atoms with van der Waals surface area (Å²) < 4.78 is 11.1. The van der Waals surface area contributed by atoms with Gasteiger partial charge < -0.3 is 14.8 Å². The number of hydrogen-bond acceptors (Lipinski definition) is 4. The van der Waals surface area contributed by atoms with E-state index in [1.165, 1.54) is 6.42 Å². The van der Waals surface area contributed by atoms with Crippen molar-refractivity contribution in [2.45, 2.75) is 38.4 Å². The van der Waals surface area contributed by atoms with E-state index in [1.54, 1.807) is 31.5 Å². The van der Waals surface area contributed by atoms with Gasteiger partial charge in [-0.15, -0.1) is 0 Å². The normalized spacial score (nSPS) is 20.8. The third-order valence-electron chi connectivity index (χ3n) is 3.12. The Morgan fingerprint density at radius 1 is 1.53 bits per heavy atom. The number of rotatable bonds is 5. The quantitative estimate of drug-likeness (QED) is 0.883. The summed E-state index contributed by atoms with van der Waals surface area (Å²) in [6.45, 7) is 3.02. The number of anilines is 1. The minimum absolute atomic E-state index is 0.130. The fourth-order valence-electron chi connectivity index (χ4n) is 1.95. The van der Waals surface area contributed by atoms with E-state index in [2.05, 4.69) is 10.3 Å². The second-order valence-corrected chi connectivity index (χ2v) is 4.69. The summed E-state index contributed by atoms with van der Waals surface area (Å²) in [5, 5.41) is 2.78. The van der Waals surface area contributed by atoms with Gasteiger partial charge in [0, 0.05) is 24.7 Å². The van der Waals surface area contributed by atoms with E-state index in [0.717, 1.165) is 25.1 Å². The zero-order chi connectivity index (χ0) is 13.5. The lowest BCUT2D eigenvalue weighted by atomic mass is 10.1. The molecule has 104 valence electrons. The van der Waals surface area contributed by atoms with Gasteiger partial charge in [0.2, 0.25) is 0 Å². The fraction of sp³-hybridized carbons (Fsp3) is 0.571. The summed E-state index contributed by atoms with van der Waals surface area (Å²) in [6, 6.07) is 3.49. The maximum Gasteiger partial charge on any atom is 0.253 e. The molecular formula is C14H20N2O3. The summed E-state index contributed by atoms with van der Waals surface area (Å²) in [5.41, 5.74) is 0.726. The number of carbonyl (C=O) groups excluding carboxylic acids is 1. The van der Waals surface area contributed by atoms with Crippen LogP contribution >= 0.6 is 0 Å². The molecule has 5 heteroatoms. The monoisotopic (exact) mass is 264 g/mol. The van der Waals surface area contributed by atoms with E-state index in [4.69, 9.17) is 9.47 Å². The van der Waals surface area contributed by atoms with E-state index < -0.39 is 6.10 Å². The van der Waals surface area contributed by atoms with E-state index in [1.807, 2.05) is 0 Å². The molecule has 5 nitrogen and oxygen atoms in total. The molecule has 0 aliphatic carbocycles. The van der Waals surface area contributed by atoms with Crippen molar-refractivity contribution in [1.29, 1.82) is 0 Å². The van der Waals surface area contributed by atoms with E-state index in [9.17, 15) is 4.79 Å². The summed E-state index contributed by atoms with van der Waals surface area (Å²) in [4.78, 5) is 15.8. The van der Waals surface area contributed by atoms with Crippen LogP contribution in [0.5, 0.6) is 0 Å². The van der Waals surface area contributed by atoms with Crippen LogP contribution in [-0.2, 0) is 14.3 Å². The number of aromatic nitrogens is 1. The number of nitrogens with zero attached hydrogens (tertiary/aromatic N) is 1. The number of nitrogens with one attached hydrogen (secondary N) is 1. The number of ether oxygens (including phenoxy) is 2. The molecule has 0 aromatic carbocycles. The van der Waals surface area contributed by atoms with Gasteiger partial charge in [-0.3, -0.25) is 9.78 Å². The Morgan fingerprint density at radius 2 is 2.32 bits per heavy atom. The molecule has 1 aliphatic rings. The number of amides is 1. The van der Waals surface area contributed by atoms with Gasteiger partial charge in [0.05, 0.1) is 12.7 Å². The van der Waals surface area contributed by atoms with E-state index >= 15 is 0 Å². The molecule has 0 bridgehead atoms. The summed E-state index contributed by atoms with van der Waals surface area (Å²) in [5.74, 6) is -0.151. The molecule has 0 spiro atoms. The van der Waals surface area contributed by atoms with Crippen LogP contribution in [0.2, 0.25) is 0 Å². The Balaban J connectivity index is 1.73. The highest BCUT2D eigenvalue weighted by Gasteiger charge is 2.18. The number of pyridine rings is 1. The van der Waals surface area contributed by atoms with Gasteiger partial charge in [-0.05, 0) is 38.3 Å². The van der Waals surface area contributed by atoms with Gasteiger partial charge in [0.15, 0.2) is 0 Å². The van der Waals surface area contributed by atoms with Crippen LogP contribution < -0.4 is 5.32 Å². The van der Waals surface area contributed by atoms with Crippen molar-refractivity contribution >= 4 is 11.6 Å². The lowest BCUT2D eigenvalue weighted by Gasteiger charge is -2.23. The topological polar surface area (TPSA) is 60.5 Å². The lowest BCUT2D eigenvalue weighted by Crippen LogP contribution is -2.32. The Labute approximate surface area is 113 Å². The van der Waals surface area contributed by atoms with Gasteiger partial charge in [-0.1, -0.05) is 0 Å². The highest BCUT2D eigenvalue weighted by atomic mass is 16.5. The first-order valence-corrected chi connectivity index (χ1v) is 6.70. The minimum Gasteiger partial charge on any atom is -0.376 e. The predicted molar refractivity (Wildman–Crippen MR) is 71.9 cm³/mol. The van der Waals surface area contributed by atoms with Gasteiger partial charge in [-0.25, -0.2) is 0 Å². The average Bonchev–Trinajstić information content (AvgIpc) is 2.47. The molecular weight excluding hydrogens is 244 g/mol. The van der Waals surface area contributed by atoms with Gasteiger partial charge in [-0.2, -0.15) is 0 Å². The third-order valence-corrected chi connectivity index (χ3v) is 3.12. The van der Waals surface area contributed by atoms with Crippen LogP contribution in [0.1, 0.15) is 26.2 Å². The number of hydrogen-bond donors (Lipinski definition) is 1. The van der Waals surface area contributed by atoms with Gasteiger partial charge in [0.1, 0.15) is 6.10 Å². The van der Waals surface area contributed by atoms with Crippen LogP contribution in [0.15, 0.2) is 24.5 Å². The van der Waals surface area contributed by atoms with Crippen molar-refractivity contribution in [2.24, 2.45) is 0 Å². The van der Waals surface area contributed by atoms with Crippen LogP contribution in [0.3, 0.4) is 0 Å². The Bertz CT molecular complexity index is 391. The molecule has 2 atom stereocenters. The average molecular weight is 264 g/mol. The molecule has 1 saturated heterocycles. The van der Waals surface area contributed by atoms with Crippen molar-refractivity contribution in [1.82, 2.24) is 4.98 Å². The third kappa shape index (κ3) is 4.61. The molecule has 2 unspecified atom stereocenters. The second kappa shape index (κ2) is 7.21. The molecule has 1 fully saturated rings. The van der Waals surface area contributed by atoms with Crippen molar-refractivity contribution in [3.63, 3.8) is 0 Å². The maximum absolute atomic E-state index is 11.9. The zero-order valence-corrected chi connectivity index (χ0v) is 11.2. The van der Waals surface area contributed by atoms with Crippen LogP contribution in [0.4, 0.5) is 5.69 Å². The van der Waals surface area contributed by atoms with Crippen LogP contribution in [0, 0.1) is 0 Å². The smallest absolute Gasteiger partial charge is 0.253 e. The maximum atomic E-state index is 11.9. The molecule has 0 saturated carbocycles. The highest BCUT2D eigenvalue weighted by molar-refractivity contribution is 5.93. The lowest BCUT2D eigenvalue weighted by molar-refractivity contribution is -0.130. The summed E-state index contributed by atoms with van der Waals surface area (Å²) >= 11 is 0. The second-order valence-electron chi connectivity index (χ2n) is 4.69. The Kier molecular flexibility index (Phi) is 5.30. The van der Waals surface area contributed by atoms with E-state index in [-0.39, 0.29) is 12.0 Å². The Hall–Kier alpha value is -1.46. The van der Waals surface area contributed by atoms with Crippen molar-refractivity contribution in [3.8, 4) is 0 Å². The molecule has 2 rings (SSSR count). The van der Waals surface area contributed by atoms with Crippen LogP contribution in [0.25, 0.3) is 0 Å². The molecule has 19 heavy (non-hydrogen) atoms. The first kappa shape index (κ1) is 14.0. The molecule has 1 aromatic heterocycles.